The molecule has 0 bridgehead atoms. The second-order valence-electron chi connectivity index (χ2n) is 1.67. The Hall–Kier alpha value is -1.08. The molecule has 0 radical (unpaired) electrons. The van der Waals surface area contributed by atoms with Crippen molar-refractivity contribution < 1.29 is 0 Å². The molecule has 0 atom stereocenters. The van der Waals surface area contributed by atoms with Gasteiger partial charge in [-0.2, -0.15) is 0 Å². The van der Waals surface area contributed by atoms with Crippen LogP contribution in [0.15, 0.2) is 16.7 Å². The SMILES string of the molecule is [C-]#[N+]c1cc(N)ncc1Br. The first-order valence-electron chi connectivity index (χ1n) is 2.52. The van der Waals surface area contributed by atoms with Gasteiger partial charge in [-0.05, 0) is 6.07 Å². The smallest absolute Gasteiger partial charge is 0.206 e. The Morgan fingerprint density at radius 3 is 2.90 bits per heavy atom. The lowest BCUT2D eigenvalue weighted by molar-refractivity contribution is 1.33. The number of pyridine rings is 1. The van der Waals surface area contributed by atoms with E-state index in [4.69, 9.17) is 12.3 Å². The molecule has 1 aromatic rings. The Labute approximate surface area is 66.8 Å². The molecule has 50 valence electrons. The summed E-state index contributed by atoms with van der Waals surface area (Å²) in [5.41, 5.74) is 5.82. The Bertz CT molecular complexity index is 290. The maximum absolute atomic E-state index is 6.69. The van der Waals surface area contributed by atoms with Crippen LogP contribution in [-0.2, 0) is 0 Å². The third-order valence-corrected chi connectivity index (χ3v) is 1.59. The predicted octanol–water partition coefficient (Wildman–Crippen LogP) is 1.98. The maximum Gasteiger partial charge on any atom is 0.206 e. The molecular formula is C6H4BrN3. The molecule has 1 heterocycles. The number of hydrogen-bond donors (Lipinski definition) is 1. The number of anilines is 1. The van der Waals surface area contributed by atoms with Crippen LogP contribution in [0.3, 0.4) is 0 Å². The first-order chi connectivity index (χ1) is 4.74. The van der Waals surface area contributed by atoms with Gasteiger partial charge in [-0.3, -0.25) is 0 Å². The molecule has 0 aromatic carbocycles. The van der Waals surface area contributed by atoms with Crippen LogP contribution in [0, 0.1) is 6.57 Å². The summed E-state index contributed by atoms with van der Waals surface area (Å²) >= 11 is 3.16. The summed E-state index contributed by atoms with van der Waals surface area (Å²) in [6.07, 6.45) is 1.52. The highest BCUT2D eigenvalue weighted by molar-refractivity contribution is 9.10. The Morgan fingerprint density at radius 1 is 1.70 bits per heavy atom. The van der Waals surface area contributed by atoms with Crippen molar-refractivity contribution in [2.45, 2.75) is 0 Å². The number of aromatic nitrogens is 1. The molecule has 1 rings (SSSR count). The van der Waals surface area contributed by atoms with E-state index in [9.17, 15) is 0 Å². The fourth-order valence-corrected chi connectivity index (χ4v) is 0.835. The van der Waals surface area contributed by atoms with Gasteiger partial charge in [0.15, 0.2) is 0 Å². The van der Waals surface area contributed by atoms with Crippen LogP contribution >= 0.6 is 15.9 Å². The number of hydrogen-bond acceptors (Lipinski definition) is 2. The number of nitrogens with two attached hydrogens (primary N) is 1. The molecule has 3 nitrogen and oxygen atoms in total. The minimum absolute atomic E-state index is 0.370. The van der Waals surface area contributed by atoms with E-state index in [-0.39, 0.29) is 0 Å². The fourth-order valence-electron chi connectivity index (χ4n) is 0.529. The lowest BCUT2D eigenvalue weighted by atomic mass is 10.4. The molecule has 10 heavy (non-hydrogen) atoms. The number of rotatable bonds is 0. The largest absolute Gasteiger partial charge is 0.385 e. The monoisotopic (exact) mass is 197 g/mol. The normalized spacial score (nSPS) is 8.80. The van der Waals surface area contributed by atoms with Gasteiger partial charge < -0.3 is 5.73 Å². The quantitative estimate of drug-likeness (QED) is 0.647. The molecule has 0 aliphatic carbocycles. The van der Waals surface area contributed by atoms with E-state index in [1.54, 1.807) is 0 Å². The van der Waals surface area contributed by atoms with E-state index in [0.717, 1.165) is 0 Å². The summed E-state index contributed by atoms with van der Waals surface area (Å²) in [6, 6.07) is 1.52. The van der Waals surface area contributed by atoms with Crippen molar-refractivity contribution in [2.75, 3.05) is 5.73 Å². The lowest BCUT2D eigenvalue weighted by Crippen LogP contribution is -1.87. The molecular weight excluding hydrogens is 194 g/mol. The fraction of sp³-hybridized carbons (Fsp3) is 0. The predicted molar refractivity (Wildman–Crippen MR) is 42.6 cm³/mol. The average Bonchev–Trinajstić information content (AvgIpc) is 1.94. The molecule has 2 N–H and O–H groups in total. The van der Waals surface area contributed by atoms with Gasteiger partial charge in [0.05, 0.1) is 6.57 Å². The van der Waals surface area contributed by atoms with Gasteiger partial charge in [0.2, 0.25) is 5.69 Å². The first kappa shape index (κ1) is 7.03. The van der Waals surface area contributed by atoms with Gasteiger partial charge in [-0.1, -0.05) is 15.9 Å². The van der Waals surface area contributed by atoms with E-state index in [1.807, 2.05) is 0 Å². The second kappa shape index (κ2) is 2.67. The molecule has 0 aliphatic heterocycles. The molecule has 0 aliphatic rings. The minimum Gasteiger partial charge on any atom is -0.385 e. The molecule has 0 saturated carbocycles. The van der Waals surface area contributed by atoms with E-state index in [2.05, 4.69) is 25.8 Å². The van der Waals surface area contributed by atoms with Crippen molar-refractivity contribution in [2.24, 2.45) is 0 Å². The van der Waals surface area contributed by atoms with E-state index in [0.29, 0.717) is 16.0 Å². The zero-order valence-electron chi connectivity index (χ0n) is 5.00. The van der Waals surface area contributed by atoms with E-state index >= 15 is 0 Å². The van der Waals surface area contributed by atoms with Crippen molar-refractivity contribution in [3.63, 3.8) is 0 Å². The van der Waals surface area contributed by atoms with Gasteiger partial charge in [0.25, 0.3) is 0 Å². The molecule has 0 amide bonds. The summed E-state index contributed by atoms with van der Waals surface area (Å²) in [6.45, 7) is 6.69. The van der Waals surface area contributed by atoms with Gasteiger partial charge in [-0.15, -0.1) is 0 Å². The topological polar surface area (TPSA) is 43.3 Å². The number of halogens is 1. The van der Waals surface area contributed by atoms with Crippen LogP contribution in [0.25, 0.3) is 4.85 Å². The highest BCUT2D eigenvalue weighted by Gasteiger charge is 1.98. The molecule has 0 unspecified atom stereocenters. The zero-order chi connectivity index (χ0) is 7.56. The van der Waals surface area contributed by atoms with Gasteiger partial charge >= 0.3 is 0 Å². The molecule has 4 heteroatoms. The van der Waals surface area contributed by atoms with Gasteiger partial charge in [0.1, 0.15) is 5.82 Å². The summed E-state index contributed by atoms with van der Waals surface area (Å²) in [4.78, 5) is 6.99. The third kappa shape index (κ3) is 1.25. The molecule has 0 fully saturated rings. The Kier molecular flexibility index (Phi) is 1.88. The van der Waals surface area contributed by atoms with E-state index in [1.165, 1.54) is 12.3 Å². The third-order valence-electron chi connectivity index (χ3n) is 0.977. The standard InChI is InChI=1S/C6H4BrN3/c1-9-5-2-6(8)10-3-4(5)7/h2-3H,(H2,8,10). The van der Waals surface area contributed by atoms with Crippen molar-refractivity contribution in [3.8, 4) is 0 Å². The van der Waals surface area contributed by atoms with Crippen LogP contribution in [0.4, 0.5) is 11.5 Å². The zero-order valence-corrected chi connectivity index (χ0v) is 6.59. The summed E-state index contributed by atoms with van der Waals surface area (Å²) in [7, 11) is 0. The Balaban J connectivity index is 3.25. The average molecular weight is 198 g/mol. The Morgan fingerprint density at radius 2 is 2.40 bits per heavy atom. The van der Waals surface area contributed by atoms with Crippen molar-refractivity contribution >= 4 is 27.4 Å². The number of nitrogens with zero attached hydrogens (tertiary/aromatic N) is 2. The molecule has 1 aromatic heterocycles. The van der Waals surface area contributed by atoms with Crippen LogP contribution < -0.4 is 5.73 Å². The second-order valence-corrected chi connectivity index (χ2v) is 2.53. The maximum atomic E-state index is 6.69. The summed E-state index contributed by atoms with van der Waals surface area (Å²) in [5.74, 6) is 0.370. The van der Waals surface area contributed by atoms with E-state index < -0.39 is 0 Å². The highest BCUT2D eigenvalue weighted by atomic mass is 79.9. The van der Waals surface area contributed by atoms with Crippen LogP contribution in [-0.4, -0.2) is 4.98 Å². The lowest BCUT2D eigenvalue weighted by Gasteiger charge is -1.94. The first-order valence-corrected chi connectivity index (χ1v) is 3.32. The van der Waals surface area contributed by atoms with Gasteiger partial charge in [-0.25, -0.2) is 9.83 Å². The van der Waals surface area contributed by atoms with Crippen molar-refractivity contribution in [1.29, 1.82) is 0 Å². The number of nitrogen functional groups attached to an aromatic ring is 1. The van der Waals surface area contributed by atoms with Gasteiger partial charge in [0, 0.05) is 10.7 Å². The molecule has 0 saturated heterocycles. The van der Waals surface area contributed by atoms with Crippen LogP contribution in [0.1, 0.15) is 0 Å². The van der Waals surface area contributed by atoms with Crippen LogP contribution in [0.5, 0.6) is 0 Å². The summed E-state index contributed by atoms with van der Waals surface area (Å²) in [5, 5.41) is 0. The van der Waals surface area contributed by atoms with Crippen molar-refractivity contribution in [3.05, 3.63) is 28.2 Å². The molecule has 0 spiro atoms. The van der Waals surface area contributed by atoms with Crippen LogP contribution in [0.2, 0.25) is 0 Å². The minimum atomic E-state index is 0.370. The summed E-state index contributed by atoms with van der Waals surface area (Å²) < 4.78 is 0.678. The highest BCUT2D eigenvalue weighted by Crippen LogP contribution is 2.25. The van der Waals surface area contributed by atoms with Crippen molar-refractivity contribution in [1.82, 2.24) is 4.98 Å².